The molecule has 2 aromatic rings. The van der Waals surface area contributed by atoms with Gasteiger partial charge in [0.1, 0.15) is 0 Å². The minimum Gasteiger partial charge on any atom is -0.322 e. The van der Waals surface area contributed by atoms with Crippen molar-refractivity contribution in [1.29, 1.82) is 0 Å². The zero-order valence-corrected chi connectivity index (χ0v) is 11.2. The van der Waals surface area contributed by atoms with Gasteiger partial charge in [-0.3, -0.25) is 0 Å². The summed E-state index contributed by atoms with van der Waals surface area (Å²) in [6, 6.07) is 10.8. The highest BCUT2D eigenvalue weighted by Crippen LogP contribution is 2.44. The minimum absolute atomic E-state index is 0.356. The van der Waals surface area contributed by atoms with Crippen LogP contribution in [0.3, 0.4) is 0 Å². The zero-order chi connectivity index (χ0) is 13.1. The highest BCUT2D eigenvalue weighted by Gasteiger charge is 2.39. The van der Waals surface area contributed by atoms with E-state index in [2.05, 4.69) is 51.1 Å². The standard InChI is InChI=1S/C16H20N2/c1-10-7-11-5-4-6-12-14(11)13(8-10)16(3,18)9-15(12,2)17/h4-8H,9,17-18H2,1-3H3. The highest BCUT2D eigenvalue weighted by molar-refractivity contribution is 5.92. The van der Waals surface area contributed by atoms with Gasteiger partial charge in [-0.25, -0.2) is 0 Å². The monoisotopic (exact) mass is 240 g/mol. The lowest BCUT2D eigenvalue weighted by Gasteiger charge is -2.42. The van der Waals surface area contributed by atoms with Gasteiger partial charge < -0.3 is 11.5 Å². The Morgan fingerprint density at radius 2 is 1.67 bits per heavy atom. The fourth-order valence-electron chi connectivity index (χ4n) is 3.46. The molecule has 0 saturated carbocycles. The van der Waals surface area contributed by atoms with Crippen molar-refractivity contribution in [2.75, 3.05) is 0 Å². The van der Waals surface area contributed by atoms with Gasteiger partial charge in [0.05, 0.1) is 0 Å². The molecule has 0 radical (unpaired) electrons. The van der Waals surface area contributed by atoms with Crippen LogP contribution in [0.2, 0.25) is 0 Å². The van der Waals surface area contributed by atoms with Crippen LogP contribution in [-0.4, -0.2) is 0 Å². The van der Waals surface area contributed by atoms with Gasteiger partial charge in [0.25, 0.3) is 0 Å². The summed E-state index contributed by atoms with van der Waals surface area (Å²) in [6.07, 6.45) is 0.773. The van der Waals surface area contributed by atoms with Crippen LogP contribution in [0.25, 0.3) is 10.8 Å². The molecule has 1 aliphatic rings. The first-order chi connectivity index (χ1) is 8.31. The largest absolute Gasteiger partial charge is 0.322 e. The SMILES string of the molecule is Cc1cc2c3c(cccc3c1)C(C)(N)CC2(C)N. The van der Waals surface area contributed by atoms with Gasteiger partial charge in [0, 0.05) is 11.1 Å². The Balaban J connectivity index is 2.52. The van der Waals surface area contributed by atoms with E-state index in [1.165, 1.54) is 27.5 Å². The quantitative estimate of drug-likeness (QED) is 0.744. The van der Waals surface area contributed by atoms with Gasteiger partial charge in [-0.2, -0.15) is 0 Å². The number of nitrogens with two attached hydrogens (primary N) is 2. The van der Waals surface area contributed by atoms with Gasteiger partial charge in [-0.1, -0.05) is 35.9 Å². The lowest BCUT2D eigenvalue weighted by molar-refractivity contribution is 0.313. The van der Waals surface area contributed by atoms with Crippen LogP contribution in [0.1, 0.15) is 37.0 Å². The maximum atomic E-state index is 6.51. The average molecular weight is 240 g/mol. The lowest BCUT2D eigenvalue weighted by atomic mass is 9.69. The van der Waals surface area contributed by atoms with Crippen LogP contribution in [0.4, 0.5) is 0 Å². The smallest absolute Gasteiger partial charge is 0.0408 e. The van der Waals surface area contributed by atoms with E-state index in [1.807, 2.05) is 0 Å². The lowest BCUT2D eigenvalue weighted by Crippen LogP contribution is -2.48. The summed E-state index contributed by atoms with van der Waals surface area (Å²) in [6.45, 7) is 6.28. The van der Waals surface area contributed by atoms with Crippen molar-refractivity contribution in [3.8, 4) is 0 Å². The Kier molecular flexibility index (Phi) is 2.17. The highest BCUT2D eigenvalue weighted by atomic mass is 14.8. The van der Waals surface area contributed by atoms with Crippen LogP contribution in [0.15, 0.2) is 30.3 Å². The summed E-state index contributed by atoms with van der Waals surface area (Å²) >= 11 is 0. The Morgan fingerprint density at radius 1 is 1.00 bits per heavy atom. The number of hydrogen-bond donors (Lipinski definition) is 2. The fraction of sp³-hybridized carbons (Fsp3) is 0.375. The molecule has 2 atom stereocenters. The molecule has 0 aliphatic heterocycles. The molecular formula is C16H20N2. The molecule has 0 saturated heterocycles. The molecule has 18 heavy (non-hydrogen) atoms. The van der Waals surface area contributed by atoms with Crippen molar-refractivity contribution in [1.82, 2.24) is 0 Å². The molecule has 1 aliphatic carbocycles. The Bertz CT molecular complexity index is 639. The third-order valence-electron chi connectivity index (χ3n) is 4.09. The van der Waals surface area contributed by atoms with Crippen LogP contribution in [-0.2, 0) is 11.1 Å². The molecule has 2 heteroatoms. The summed E-state index contributed by atoms with van der Waals surface area (Å²) in [5.74, 6) is 0. The minimum atomic E-state index is -0.359. The van der Waals surface area contributed by atoms with E-state index in [0.29, 0.717) is 0 Å². The molecule has 2 unspecified atom stereocenters. The first kappa shape index (κ1) is 11.7. The van der Waals surface area contributed by atoms with Crippen molar-refractivity contribution in [3.63, 3.8) is 0 Å². The first-order valence-corrected chi connectivity index (χ1v) is 6.43. The van der Waals surface area contributed by atoms with Crippen molar-refractivity contribution >= 4 is 10.8 Å². The Morgan fingerprint density at radius 3 is 2.39 bits per heavy atom. The second-order valence-corrected chi connectivity index (χ2v) is 6.23. The van der Waals surface area contributed by atoms with Gasteiger partial charge >= 0.3 is 0 Å². The number of rotatable bonds is 0. The molecule has 2 aromatic carbocycles. The molecule has 2 nitrogen and oxygen atoms in total. The van der Waals surface area contributed by atoms with Crippen molar-refractivity contribution in [2.45, 2.75) is 38.3 Å². The molecule has 0 aromatic heterocycles. The van der Waals surface area contributed by atoms with E-state index in [1.54, 1.807) is 0 Å². The van der Waals surface area contributed by atoms with Gasteiger partial charge in [0.2, 0.25) is 0 Å². The number of aryl methyl sites for hydroxylation is 1. The van der Waals surface area contributed by atoms with Crippen molar-refractivity contribution < 1.29 is 0 Å². The van der Waals surface area contributed by atoms with Gasteiger partial charge in [-0.05, 0) is 49.1 Å². The first-order valence-electron chi connectivity index (χ1n) is 6.43. The summed E-state index contributed by atoms with van der Waals surface area (Å²) in [7, 11) is 0. The Labute approximate surface area is 108 Å². The summed E-state index contributed by atoms with van der Waals surface area (Å²) < 4.78 is 0. The van der Waals surface area contributed by atoms with Crippen LogP contribution < -0.4 is 11.5 Å². The van der Waals surface area contributed by atoms with E-state index < -0.39 is 0 Å². The van der Waals surface area contributed by atoms with E-state index >= 15 is 0 Å². The molecule has 4 N–H and O–H groups in total. The molecular weight excluding hydrogens is 220 g/mol. The summed E-state index contributed by atoms with van der Waals surface area (Å²) in [5.41, 5.74) is 16.0. The molecule has 0 spiro atoms. The molecule has 0 heterocycles. The van der Waals surface area contributed by atoms with Crippen LogP contribution >= 0.6 is 0 Å². The second-order valence-electron chi connectivity index (χ2n) is 6.23. The van der Waals surface area contributed by atoms with E-state index in [0.717, 1.165) is 6.42 Å². The summed E-state index contributed by atoms with van der Waals surface area (Å²) in [4.78, 5) is 0. The summed E-state index contributed by atoms with van der Waals surface area (Å²) in [5, 5.41) is 2.50. The topological polar surface area (TPSA) is 52.0 Å². The zero-order valence-electron chi connectivity index (χ0n) is 11.2. The van der Waals surface area contributed by atoms with E-state index in [-0.39, 0.29) is 11.1 Å². The predicted octanol–water partition coefficient (Wildman–Crippen LogP) is 2.90. The van der Waals surface area contributed by atoms with Gasteiger partial charge in [-0.15, -0.1) is 0 Å². The fourth-order valence-corrected chi connectivity index (χ4v) is 3.46. The van der Waals surface area contributed by atoms with Crippen molar-refractivity contribution in [2.24, 2.45) is 11.5 Å². The third kappa shape index (κ3) is 1.49. The molecule has 0 bridgehead atoms. The van der Waals surface area contributed by atoms with Crippen LogP contribution in [0, 0.1) is 6.92 Å². The molecule has 94 valence electrons. The number of benzene rings is 2. The van der Waals surface area contributed by atoms with E-state index in [9.17, 15) is 0 Å². The van der Waals surface area contributed by atoms with Gasteiger partial charge in [0.15, 0.2) is 0 Å². The maximum Gasteiger partial charge on any atom is 0.0408 e. The predicted molar refractivity (Wildman–Crippen MR) is 76.4 cm³/mol. The third-order valence-corrected chi connectivity index (χ3v) is 4.09. The van der Waals surface area contributed by atoms with Crippen molar-refractivity contribution in [3.05, 3.63) is 47.0 Å². The molecule has 3 rings (SSSR count). The maximum absolute atomic E-state index is 6.51. The average Bonchev–Trinajstić information content (AvgIpc) is 2.23. The van der Waals surface area contributed by atoms with E-state index in [4.69, 9.17) is 11.5 Å². The second kappa shape index (κ2) is 3.34. The number of hydrogen-bond acceptors (Lipinski definition) is 2. The molecule has 0 amide bonds. The molecule has 0 fully saturated rings. The Hall–Kier alpha value is -1.38. The normalized spacial score (nSPS) is 30.7. The van der Waals surface area contributed by atoms with Crippen LogP contribution in [0.5, 0.6) is 0 Å².